The molecule has 6 heteroatoms. The van der Waals surface area contributed by atoms with Gasteiger partial charge in [-0.05, 0) is 56.0 Å². The van der Waals surface area contributed by atoms with Gasteiger partial charge in [0.05, 0.1) is 6.04 Å². The molecule has 0 aromatic heterocycles. The van der Waals surface area contributed by atoms with Crippen molar-refractivity contribution in [3.63, 3.8) is 0 Å². The van der Waals surface area contributed by atoms with E-state index in [9.17, 15) is 14.0 Å². The molecular formula is C17H24FN3O2. The van der Waals surface area contributed by atoms with Crippen LogP contribution in [-0.2, 0) is 9.59 Å². The van der Waals surface area contributed by atoms with Crippen LogP contribution in [0, 0.1) is 5.82 Å². The molecule has 1 aromatic carbocycles. The largest absolute Gasteiger partial charge is 0.375 e. The summed E-state index contributed by atoms with van der Waals surface area (Å²) in [5, 5.41) is 8.76. The fraction of sp³-hybridized carbons (Fsp3) is 0.529. The van der Waals surface area contributed by atoms with Gasteiger partial charge in [-0.3, -0.25) is 4.79 Å². The topological polar surface area (TPSA) is 70.2 Å². The third kappa shape index (κ3) is 5.03. The monoisotopic (exact) mass is 321 g/mol. The molecule has 126 valence electrons. The lowest BCUT2D eigenvalue weighted by Gasteiger charge is -2.24. The number of carbonyl (C=O) groups is 2. The Bertz CT molecular complexity index is 545. The van der Waals surface area contributed by atoms with Gasteiger partial charge < -0.3 is 20.7 Å². The van der Waals surface area contributed by atoms with Crippen molar-refractivity contribution in [3.05, 3.63) is 29.6 Å². The number of benzene rings is 1. The Morgan fingerprint density at radius 3 is 2.78 bits per heavy atom. The molecule has 1 saturated heterocycles. The standard InChI is InChI=1S/C17H24FN3O2/c1-19-17(23)5-3-14(11-22)21-13-2-4-15(16(18)10-13)12-6-8-20-9-7-12/h2,4,10-12,14,20-21H,3,5-9H2,1H3,(H,19,23). The van der Waals surface area contributed by atoms with E-state index in [0.717, 1.165) is 37.8 Å². The highest BCUT2D eigenvalue weighted by Gasteiger charge is 2.19. The van der Waals surface area contributed by atoms with Crippen molar-refractivity contribution in [2.24, 2.45) is 0 Å². The van der Waals surface area contributed by atoms with E-state index in [2.05, 4.69) is 16.0 Å². The molecule has 1 aliphatic rings. The first-order valence-corrected chi connectivity index (χ1v) is 8.06. The van der Waals surface area contributed by atoms with E-state index in [4.69, 9.17) is 0 Å². The SMILES string of the molecule is CNC(=O)CCC(C=O)Nc1ccc(C2CCNCC2)c(F)c1. The zero-order valence-electron chi connectivity index (χ0n) is 13.4. The minimum atomic E-state index is -0.503. The molecule has 0 spiro atoms. The summed E-state index contributed by atoms with van der Waals surface area (Å²) in [4.78, 5) is 22.4. The number of carbonyl (C=O) groups excluding carboxylic acids is 2. The summed E-state index contributed by atoms with van der Waals surface area (Å²) in [6.07, 6.45) is 3.25. The van der Waals surface area contributed by atoms with Crippen molar-refractivity contribution in [2.75, 3.05) is 25.5 Å². The van der Waals surface area contributed by atoms with Crippen LogP contribution in [0.2, 0.25) is 0 Å². The van der Waals surface area contributed by atoms with Crippen molar-refractivity contribution in [1.82, 2.24) is 10.6 Å². The van der Waals surface area contributed by atoms with Crippen molar-refractivity contribution in [2.45, 2.75) is 37.6 Å². The molecule has 1 unspecified atom stereocenters. The number of hydrogen-bond donors (Lipinski definition) is 3. The van der Waals surface area contributed by atoms with Crippen LogP contribution in [0.4, 0.5) is 10.1 Å². The summed E-state index contributed by atoms with van der Waals surface area (Å²) < 4.78 is 14.3. The van der Waals surface area contributed by atoms with Crippen LogP contribution < -0.4 is 16.0 Å². The van der Waals surface area contributed by atoms with Gasteiger partial charge >= 0.3 is 0 Å². The molecule has 1 aromatic rings. The van der Waals surface area contributed by atoms with Crippen LogP contribution >= 0.6 is 0 Å². The zero-order chi connectivity index (χ0) is 16.7. The molecule has 0 aliphatic carbocycles. The summed E-state index contributed by atoms with van der Waals surface area (Å²) in [6.45, 7) is 1.83. The average molecular weight is 321 g/mol. The number of halogens is 1. The number of aldehydes is 1. The van der Waals surface area contributed by atoms with Crippen LogP contribution in [0.25, 0.3) is 0 Å². The van der Waals surface area contributed by atoms with E-state index in [1.807, 2.05) is 0 Å². The van der Waals surface area contributed by atoms with Gasteiger partial charge in [-0.25, -0.2) is 4.39 Å². The van der Waals surface area contributed by atoms with E-state index in [1.165, 1.54) is 6.07 Å². The smallest absolute Gasteiger partial charge is 0.219 e. The number of nitrogens with one attached hydrogen (secondary N) is 3. The molecule has 0 radical (unpaired) electrons. The Balaban J connectivity index is 1.98. The maximum Gasteiger partial charge on any atom is 0.219 e. The maximum absolute atomic E-state index is 14.3. The van der Waals surface area contributed by atoms with Crippen molar-refractivity contribution < 1.29 is 14.0 Å². The van der Waals surface area contributed by atoms with Gasteiger partial charge in [0, 0.05) is 19.2 Å². The molecule has 1 atom stereocenters. The molecule has 1 fully saturated rings. The van der Waals surface area contributed by atoms with Gasteiger partial charge in [0.25, 0.3) is 0 Å². The van der Waals surface area contributed by atoms with Gasteiger partial charge in [-0.2, -0.15) is 0 Å². The Kier molecular flexibility index (Phi) is 6.52. The molecule has 5 nitrogen and oxygen atoms in total. The lowest BCUT2D eigenvalue weighted by atomic mass is 9.90. The number of amides is 1. The highest BCUT2D eigenvalue weighted by Crippen LogP contribution is 2.29. The highest BCUT2D eigenvalue weighted by molar-refractivity contribution is 5.76. The summed E-state index contributed by atoms with van der Waals surface area (Å²) in [7, 11) is 1.56. The second-order valence-electron chi connectivity index (χ2n) is 5.86. The first-order chi connectivity index (χ1) is 11.1. The summed E-state index contributed by atoms with van der Waals surface area (Å²) in [5.74, 6) is -0.107. The minimum absolute atomic E-state index is 0.119. The van der Waals surface area contributed by atoms with Gasteiger partial charge in [0.1, 0.15) is 12.1 Å². The quantitative estimate of drug-likeness (QED) is 0.670. The highest BCUT2D eigenvalue weighted by atomic mass is 19.1. The molecule has 3 N–H and O–H groups in total. The van der Waals surface area contributed by atoms with Crippen LogP contribution in [-0.4, -0.2) is 38.4 Å². The van der Waals surface area contributed by atoms with Gasteiger partial charge in [0.15, 0.2) is 0 Å². The Hall–Kier alpha value is -1.95. The molecule has 0 saturated carbocycles. The molecular weight excluding hydrogens is 297 g/mol. The van der Waals surface area contributed by atoms with Crippen LogP contribution in [0.3, 0.4) is 0 Å². The summed E-state index contributed by atoms with van der Waals surface area (Å²) in [5.41, 5.74) is 1.30. The second-order valence-corrected chi connectivity index (χ2v) is 5.86. The third-order valence-electron chi connectivity index (χ3n) is 4.26. The van der Waals surface area contributed by atoms with Crippen molar-refractivity contribution >= 4 is 17.9 Å². The fourth-order valence-electron chi connectivity index (χ4n) is 2.88. The maximum atomic E-state index is 14.3. The zero-order valence-corrected chi connectivity index (χ0v) is 13.4. The lowest BCUT2D eigenvalue weighted by molar-refractivity contribution is -0.120. The normalized spacial score (nSPS) is 16.6. The van der Waals surface area contributed by atoms with Crippen molar-refractivity contribution in [1.29, 1.82) is 0 Å². The van der Waals surface area contributed by atoms with E-state index in [1.54, 1.807) is 19.2 Å². The van der Waals surface area contributed by atoms with E-state index < -0.39 is 6.04 Å². The average Bonchev–Trinajstić information content (AvgIpc) is 2.59. The minimum Gasteiger partial charge on any atom is -0.375 e. The number of anilines is 1. The molecule has 1 aliphatic heterocycles. The molecule has 2 rings (SSSR count). The first kappa shape index (κ1) is 17.4. The van der Waals surface area contributed by atoms with Crippen molar-refractivity contribution in [3.8, 4) is 0 Å². The Morgan fingerprint density at radius 2 is 2.17 bits per heavy atom. The predicted octanol–water partition coefficient (Wildman–Crippen LogP) is 1.80. The second kappa shape index (κ2) is 8.62. The molecule has 23 heavy (non-hydrogen) atoms. The third-order valence-corrected chi connectivity index (χ3v) is 4.26. The Labute approximate surface area is 136 Å². The number of hydrogen-bond acceptors (Lipinski definition) is 4. The lowest BCUT2D eigenvalue weighted by Crippen LogP contribution is -2.27. The molecule has 1 heterocycles. The van der Waals surface area contributed by atoms with E-state index in [-0.39, 0.29) is 24.1 Å². The van der Waals surface area contributed by atoms with E-state index >= 15 is 0 Å². The van der Waals surface area contributed by atoms with Gasteiger partial charge in [-0.1, -0.05) is 6.07 Å². The summed E-state index contributed by atoms with van der Waals surface area (Å²) in [6, 6.07) is 4.54. The molecule has 0 bridgehead atoms. The van der Waals surface area contributed by atoms with Gasteiger partial charge in [0.2, 0.25) is 5.91 Å². The first-order valence-electron chi connectivity index (χ1n) is 8.06. The van der Waals surface area contributed by atoms with Gasteiger partial charge in [-0.15, -0.1) is 0 Å². The van der Waals surface area contributed by atoms with Crippen LogP contribution in [0.1, 0.15) is 37.2 Å². The van der Waals surface area contributed by atoms with Crippen LogP contribution in [0.5, 0.6) is 0 Å². The number of rotatable bonds is 7. The molecule has 1 amide bonds. The fourth-order valence-corrected chi connectivity index (χ4v) is 2.88. The Morgan fingerprint density at radius 1 is 1.43 bits per heavy atom. The van der Waals surface area contributed by atoms with E-state index in [0.29, 0.717) is 12.1 Å². The van der Waals surface area contributed by atoms with Crippen LogP contribution in [0.15, 0.2) is 18.2 Å². The summed E-state index contributed by atoms with van der Waals surface area (Å²) >= 11 is 0. The predicted molar refractivity (Wildman–Crippen MR) is 88.0 cm³/mol. The number of piperidine rings is 1.